The van der Waals surface area contributed by atoms with Gasteiger partial charge >= 0.3 is 6.18 Å². The van der Waals surface area contributed by atoms with E-state index in [-0.39, 0.29) is 30.0 Å². The summed E-state index contributed by atoms with van der Waals surface area (Å²) in [5.41, 5.74) is 1.23. The molecule has 2 saturated heterocycles. The molecule has 1 N–H and O–H groups in total. The molecule has 3 rings (SSSR count). The zero-order chi connectivity index (χ0) is 18.7. The number of aromatic nitrogens is 2. The second-order valence-electron chi connectivity index (χ2n) is 7.16. The maximum Gasteiger partial charge on any atom is 0.401 e. The molecular formula is C17H28F3IN6. The number of guanidine groups is 1. The molecule has 2 atom stereocenters. The van der Waals surface area contributed by atoms with Crippen LogP contribution < -0.4 is 5.32 Å². The van der Waals surface area contributed by atoms with Gasteiger partial charge in [-0.2, -0.15) is 18.3 Å². The number of halogens is 4. The van der Waals surface area contributed by atoms with Crippen LogP contribution in [-0.4, -0.2) is 77.0 Å². The molecule has 0 amide bonds. The molecule has 1 aromatic heterocycles. The lowest BCUT2D eigenvalue weighted by molar-refractivity contribution is -0.143. The van der Waals surface area contributed by atoms with E-state index in [1.807, 2.05) is 31.0 Å². The Bertz CT molecular complexity index is 632. The topological polar surface area (TPSA) is 48.7 Å². The smallest absolute Gasteiger partial charge is 0.352 e. The Hall–Kier alpha value is -1.04. The lowest BCUT2D eigenvalue weighted by Crippen LogP contribution is -2.46. The molecule has 6 nitrogen and oxygen atoms in total. The van der Waals surface area contributed by atoms with Gasteiger partial charge in [0.05, 0.1) is 12.7 Å². The van der Waals surface area contributed by atoms with Crippen LogP contribution in [0.1, 0.15) is 31.2 Å². The van der Waals surface area contributed by atoms with Crippen LogP contribution in [0.2, 0.25) is 0 Å². The third kappa shape index (κ3) is 6.23. The molecule has 10 heteroatoms. The molecule has 3 heterocycles. The lowest BCUT2D eigenvalue weighted by atomic mass is 10.0. The van der Waals surface area contributed by atoms with Gasteiger partial charge in [0.1, 0.15) is 0 Å². The number of hydrogen-bond acceptors (Lipinski definition) is 3. The van der Waals surface area contributed by atoms with Gasteiger partial charge < -0.3 is 10.2 Å². The van der Waals surface area contributed by atoms with E-state index < -0.39 is 12.7 Å². The Labute approximate surface area is 175 Å². The molecule has 2 fully saturated rings. The summed E-state index contributed by atoms with van der Waals surface area (Å²) < 4.78 is 39.5. The zero-order valence-corrected chi connectivity index (χ0v) is 18.1. The molecule has 2 unspecified atom stereocenters. The molecule has 154 valence electrons. The molecule has 0 aromatic carbocycles. The fourth-order valence-electron chi connectivity index (χ4n) is 3.79. The molecule has 0 aliphatic carbocycles. The number of nitrogens with one attached hydrogen (secondary N) is 1. The fourth-order valence-corrected chi connectivity index (χ4v) is 3.79. The van der Waals surface area contributed by atoms with Crippen molar-refractivity contribution in [1.29, 1.82) is 0 Å². The monoisotopic (exact) mass is 500 g/mol. The number of nitrogens with zero attached hydrogens (tertiary/aromatic N) is 5. The molecule has 0 spiro atoms. The van der Waals surface area contributed by atoms with Crippen molar-refractivity contribution in [2.75, 3.05) is 39.3 Å². The van der Waals surface area contributed by atoms with Gasteiger partial charge in [-0.1, -0.05) is 0 Å². The van der Waals surface area contributed by atoms with Gasteiger partial charge in [-0.05, 0) is 25.3 Å². The van der Waals surface area contributed by atoms with Crippen LogP contribution >= 0.6 is 24.0 Å². The molecule has 1 aromatic rings. The number of rotatable bonds is 4. The van der Waals surface area contributed by atoms with E-state index in [9.17, 15) is 13.2 Å². The van der Waals surface area contributed by atoms with Crippen LogP contribution in [0, 0.1) is 0 Å². The van der Waals surface area contributed by atoms with Crippen LogP contribution in [0.3, 0.4) is 0 Å². The first-order valence-electron chi connectivity index (χ1n) is 9.17. The predicted octanol–water partition coefficient (Wildman–Crippen LogP) is 2.43. The quantitative estimate of drug-likeness (QED) is 0.392. The molecule has 0 saturated carbocycles. The first kappa shape index (κ1) is 22.3. The van der Waals surface area contributed by atoms with Crippen LogP contribution in [0.15, 0.2) is 17.4 Å². The predicted molar refractivity (Wildman–Crippen MR) is 110 cm³/mol. The van der Waals surface area contributed by atoms with Crippen molar-refractivity contribution in [1.82, 2.24) is 24.9 Å². The third-order valence-electron chi connectivity index (χ3n) is 5.00. The number of likely N-dealkylation sites (tertiary alicyclic amines) is 2. The third-order valence-corrected chi connectivity index (χ3v) is 5.00. The van der Waals surface area contributed by atoms with Crippen molar-refractivity contribution in [3.05, 3.63) is 18.0 Å². The minimum Gasteiger partial charge on any atom is -0.352 e. The van der Waals surface area contributed by atoms with Gasteiger partial charge in [0.25, 0.3) is 0 Å². The summed E-state index contributed by atoms with van der Waals surface area (Å²) in [7, 11) is 1.91. The number of alkyl halides is 3. The van der Waals surface area contributed by atoms with Gasteiger partial charge in [0.2, 0.25) is 0 Å². The van der Waals surface area contributed by atoms with Gasteiger partial charge in [0, 0.05) is 57.9 Å². The molecule has 0 radical (unpaired) electrons. The Balaban J connectivity index is 0.00000261. The number of hydrogen-bond donors (Lipinski definition) is 1. The van der Waals surface area contributed by atoms with E-state index in [0.29, 0.717) is 32.0 Å². The van der Waals surface area contributed by atoms with Crippen molar-refractivity contribution in [2.24, 2.45) is 12.0 Å². The summed E-state index contributed by atoms with van der Waals surface area (Å²) in [6.45, 7) is 4.41. The summed E-state index contributed by atoms with van der Waals surface area (Å²) in [5, 5.41) is 7.64. The van der Waals surface area contributed by atoms with Crippen LogP contribution in [0.5, 0.6) is 0 Å². The summed E-state index contributed by atoms with van der Waals surface area (Å²) in [6.07, 6.45) is 1.55. The van der Waals surface area contributed by atoms with E-state index in [2.05, 4.69) is 20.3 Å². The highest BCUT2D eigenvalue weighted by Crippen LogP contribution is 2.27. The van der Waals surface area contributed by atoms with Crippen molar-refractivity contribution >= 4 is 29.9 Å². The van der Waals surface area contributed by atoms with E-state index in [4.69, 9.17) is 0 Å². The maximum absolute atomic E-state index is 12.6. The van der Waals surface area contributed by atoms with Gasteiger partial charge in [0.15, 0.2) is 5.96 Å². The van der Waals surface area contributed by atoms with E-state index in [0.717, 1.165) is 25.5 Å². The van der Waals surface area contributed by atoms with Gasteiger partial charge in [-0.25, -0.2) is 0 Å². The second-order valence-corrected chi connectivity index (χ2v) is 7.16. The Morgan fingerprint density at radius 1 is 1.30 bits per heavy atom. The minimum atomic E-state index is -4.14. The van der Waals surface area contributed by atoms with E-state index >= 15 is 0 Å². The average Bonchev–Trinajstić information content (AvgIpc) is 3.26. The highest BCUT2D eigenvalue weighted by molar-refractivity contribution is 14.0. The summed E-state index contributed by atoms with van der Waals surface area (Å²) >= 11 is 0. The number of aryl methyl sites for hydroxylation is 1. The highest BCUT2D eigenvalue weighted by Gasteiger charge is 2.35. The average molecular weight is 500 g/mol. The molecular weight excluding hydrogens is 472 g/mol. The van der Waals surface area contributed by atoms with E-state index in [1.165, 1.54) is 10.5 Å². The van der Waals surface area contributed by atoms with E-state index in [1.54, 1.807) is 0 Å². The van der Waals surface area contributed by atoms with Crippen molar-refractivity contribution < 1.29 is 13.2 Å². The second kappa shape index (κ2) is 9.44. The van der Waals surface area contributed by atoms with Crippen molar-refractivity contribution in [3.8, 4) is 0 Å². The fraction of sp³-hybridized carbons (Fsp3) is 0.765. The summed E-state index contributed by atoms with van der Waals surface area (Å²) in [6, 6.07) is 0.0140. The Kier molecular flexibility index (Phi) is 7.78. The first-order valence-corrected chi connectivity index (χ1v) is 9.17. The molecule has 27 heavy (non-hydrogen) atoms. The number of aliphatic imine (C=N–C) groups is 1. The largest absolute Gasteiger partial charge is 0.401 e. The zero-order valence-electron chi connectivity index (χ0n) is 15.7. The van der Waals surface area contributed by atoms with Crippen LogP contribution in [-0.2, 0) is 7.05 Å². The summed E-state index contributed by atoms with van der Waals surface area (Å²) in [4.78, 5) is 8.25. The van der Waals surface area contributed by atoms with Gasteiger partial charge in [-0.3, -0.25) is 14.6 Å². The maximum atomic E-state index is 12.6. The SMILES string of the molecule is CCN=C(NC1CCN(CC(F)(F)F)C1)N1CCC(c2cnn(C)c2)C1.I. The molecule has 2 aliphatic rings. The molecule has 0 bridgehead atoms. The standard InChI is InChI=1S/C17H27F3N6.HI/c1-3-21-16(23-15-5-6-25(11-15)12-17(18,19)20)26-7-4-13(10-26)14-8-22-24(2)9-14;/h8-9,13,15H,3-7,10-12H2,1-2H3,(H,21,23);1H. The van der Waals surface area contributed by atoms with Crippen molar-refractivity contribution in [2.45, 2.75) is 37.9 Å². The normalized spacial score (nSPS) is 24.3. The highest BCUT2D eigenvalue weighted by atomic mass is 127. The lowest BCUT2D eigenvalue weighted by Gasteiger charge is -2.25. The molecule has 2 aliphatic heterocycles. The Morgan fingerprint density at radius 3 is 2.70 bits per heavy atom. The van der Waals surface area contributed by atoms with Gasteiger partial charge in [-0.15, -0.1) is 24.0 Å². The van der Waals surface area contributed by atoms with Crippen LogP contribution in [0.4, 0.5) is 13.2 Å². The minimum absolute atomic E-state index is 0. The Morgan fingerprint density at radius 2 is 2.07 bits per heavy atom. The summed E-state index contributed by atoms with van der Waals surface area (Å²) in [5.74, 6) is 1.23. The van der Waals surface area contributed by atoms with Crippen LogP contribution in [0.25, 0.3) is 0 Å². The van der Waals surface area contributed by atoms with Crippen molar-refractivity contribution in [3.63, 3.8) is 0 Å². The first-order chi connectivity index (χ1) is 12.3.